The number of carbonyl (C=O) groups is 3. The van der Waals surface area contributed by atoms with Gasteiger partial charge in [0, 0.05) is 19.3 Å². The fraction of sp³-hybridized carbons (Fsp3) is 0.847. The smallest absolute Gasteiger partial charge is 0.306 e. The summed E-state index contributed by atoms with van der Waals surface area (Å²) in [5.41, 5.74) is 0. The zero-order valence-electron chi connectivity index (χ0n) is 52.5. The summed E-state index contributed by atoms with van der Waals surface area (Å²) in [7, 11) is 0. The molecule has 0 amide bonds. The molecule has 0 saturated heterocycles. The summed E-state index contributed by atoms with van der Waals surface area (Å²) in [5.74, 6) is -0.856. The van der Waals surface area contributed by atoms with E-state index in [0.29, 0.717) is 19.3 Å². The molecule has 0 radical (unpaired) electrons. The Balaban J connectivity index is 4.09. The third-order valence-electron chi connectivity index (χ3n) is 15.6. The molecule has 1 unspecified atom stereocenters. The minimum Gasteiger partial charge on any atom is -0.462 e. The maximum absolute atomic E-state index is 12.9. The fourth-order valence-corrected chi connectivity index (χ4v) is 10.3. The summed E-state index contributed by atoms with van der Waals surface area (Å²) in [6.45, 7) is 6.65. The van der Waals surface area contributed by atoms with Crippen molar-refractivity contribution in [2.75, 3.05) is 13.2 Å². The van der Waals surface area contributed by atoms with Gasteiger partial charge in [-0.05, 0) is 83.5 Å². The summed E-state index contributed by atoms with van der Waals surface area (Å²) >= 11 is 0. The standard InChI is InChI=1S/C72H132O6/c1-4-7-10-13-16-19-22-25-27-28-29-30-31-32-33-34-35-36-37-38-39-40-41-42-43-44-46-47-50-53-56-59-62-65-71(74)77-68-69(67-76-70(73)64-61-58-55-52-49-24-21-18-15-12-9-6-3)78-72(75)66-63-60-57-54-51-48-45-26-23-20-17-14-11-8-5-2/h18,21-22,25,28-29,31-32,69H,4-17,19-20,23-24,26-27,30,33-68H2,1-3H3/b21-18-,25-22-,29-28-,32-31-. The first kappa shape index (κ1) is 75.4. The van der Waals surface area contributed by atoms with Crippen molar-refractivity contribution >= 4 is 17.9 Å². The molecule has 0 aliphatic carbocycles. The zero-order valence-corrected chi connectivity index (χ0v) is 52.5. The van der Waals surface area contributed by atoms with Crippen LogP contribution in [0, 0.1) is 0 Å². The SMILES string of the molecule is CCCCC/C=C\CCCCCCCC(=O)OCC(COC(=O)CCCCCCCCCCCCCCCCCCCC/C=C\C/C=C\C/C=C\CCCCCCC)OC(=O)CCCCCCCCCCCCCCCCC. The maximum atomic E-state index is 12.9. The molecule has 456 valence electrons. The minimum absolute atomic E-state index is 0.0701. The Labute approximate surface area is 486 Å². The second kappa shape index (κ2) is 66.9. The van der Waals surface area contributed by atoms with Crippen molar-refractivity contribution in [2.45, 2.75) is 380 Å². The van der Waals surface area contributed by atoms with Gasteiger partial charge in [0.05, 0.1) is 0 Å². The van der Waals surface area contributed by atoms with Crippen LogP contribution in [0.1, 0.15) is 374 Å². The normalized spacial score (nSPS) is 12.3. The predicted octanol–water partition coefficient (Wildman–Crippen LogP) is 23.7. The van der Waals surface area contributed by atoms with E-state index in [1.807, 2.05) is 0 Å². The van der Waals surface area contributed by atoms with Crippen molar-refractivity contribution in [1.29, 1.82) is 0 Å². The molecule has 6 nitrogen and oxygen atoms in total. The Morgan fingerprint density at radius 2 is 0.462 bits per heavy atom. The van der Waals surface area contributed by atoms with Crippen LogP contribution >= 0.6 is 0 Å². The van der Waals surface area contributed by atoms with Gasteiger partial charge < -0.3 is 14.2 Å². The third-order valence-corrected chi connectivity index (χ3v) is 15.6. The quantitative estimate of drug-likeness (QED) is 0.0261. The van der Waals surface area contributed by atoms with Crippen molar-refractivity contribution in [2.24, 2.45) is 0 Å². The lowest BCUT2D eigenvalue weighted by atomic mass is 10.0. The topological polar surface area (TPSA) is 78.9 Å². The van der Waals surface area contributed by atoms with Gasteiger partial charge in [-0.1, -0.05) is 320 Å². The summed E-state index contributed by atoms with van der Waals surface area (Å²) in [5, 5.41) is 0. The molecule has 0 bridgehead atoms. The first-order valence-corrected chi connectivity index (χ1v) is 34.6. The summed E-state index contributed by atoms with van der Waals surface area (Å²) < 4.78 is 16.9. The Morgan fingerprint density at radius 3 is 0.756 bits per heavy atom. The van der Waals surface area contributed by atoms with Gasteiger partial charge >= 0.3 is 17.9 Å². The van der Waals surface area contributed by atoms with Gasteiger partial charge in [0.2, 0.25) is 0 Å². The molecule has 0 aromatic rings. The fourth-order valence-electron chi connectivity index (χ4n) is 10.3. The summed E-state index contributed by atoms with van der Waals surface area (Å²) in [6, 6.07) is 0. The number of ether oxygens (including phenoxy) is 3. The molecule has 0 N–H and O–H groups in total. The molecular weight excluding hydrogens is 961 g/mol. The van der Waals surface area contributed by atoms with Crippen molar-refractivity contribution in [3.63, 3.8) is 0 Å². The zero-order chi connectivity index (χ0) is 56.4. The highest BCUT2D eigenvalue weighted by molar-refractivity contribution is 5.71. The van der Waals surface area contributed by atoms with Crippen LogP contribution < -0.4 is 0 Å². The summed E-state index contributed by atoms with van der Waals surface area (Å²) in [4.78, 5) is 38.3. The molecule has 0 aliphatic heterocycles. The molecule has 78 heavy (non-hydrogen) atoms. The second-order valence-electron chi connectivity index (χ2n) is 23.4. The number of esters is 3. The highest BCUT2D eigenvalue weighted by Gasteiger charge is 2.19. The van der Waals surface area contributed by atoms with Gasteiger partial charge in [-0.2, -0.15) is 0 Å². The number of hydrogen-bond donors (Lipinski definition) is 0. The molecule has 0 aromatic carbocycles. The van der Waals surface area contributed by atoms with Crippen LogP contribution in [0.15, 0.2) is 48.6 Å². The van der Waals surface area contributed by atoms with E-state index in [2.05, 4.69) is 69.4 Å². The number of allylic oxidation sites excluding steroid dienone is 8. The first-order valence-electron chi connectivity index (χ1n) is 34.6. The van der Waals surface area contributed by atoms with Gasteiger partial charge in [0.15, 0.2) is 6.10 Å². The molecule has 0 saturated carbocycles. The molecule has 0 fully saturated rings. The Morgan fingerprint density at radius 1 is 0.256 bits per heavy atom. The number of hydrogen-bond acceptors (Lipinski definition) is 6. The van der Waals surface area contributed by atoms with Gasteiger partial charge in [-0.3, -0.25) is 14.4 Å². The van der Waals surface area contributed by atoms with Gasteiger partial charge in [0.25, 0.3) is 0 Å². The van der Waals surface area contributed by atoms with E-state index in [1.54, 1.807) is 0 Å². The van der Waals surface area contributed by atoms with Crippen LogP contribution in [0.3, 0.4) is 0 Å². The van der Waals surface area contributed by atoms with Crippen LogP contribution in [0.25, 0.3) is 0 Å². The summed E-state index contributed by atoms with van der Waals surface area (Å²) in [6.07, 6.45) is 84.3. The van der Waals surface area contributed by atoms with Crippen molar-refractivity contribution in [3.8, 4) is 0 Å². The Hall–Kier alpha value is -2.63. The number of carbonyl (C=O) groups excluding carboxylic acids is 3. The van der Waals surface area contributed by atoms with E-state index in [0.717, 1.165) is 77.0 Å². The van der Waals surface area contributed by atoms with Crippen LogP contribution in [-0.4, -0.2) is 37.2 Å². The van der Waals surface area contributed by atoms with E-state index in [-0.39, 0.29) is 31.1 Å². The van der Waals surface area contributed by atoms with Crippen LogP contribution in [-0.2, 0) is 28.6 Å². The average Bonchev–Trinajstić information content (AvgIpc) is 3.44. The van der Waals surface area contributed by atoms with E-state index in [4.69, 9.17) is 14.2 Å². The molecule has 0 aliphatic rings. The molecule has 0 aromatic heterocycles. The first-order chi connectivity index (χ1) is 38.5. The lowest BCUT2D eigenvalue weighted by Crippen LogP contribution is -2.30. The van der Waals surface area contributed by atoms with Gasteiger partial charge in [-0.15, -0.1) is 0 Å². The highest BCUT2D eigenvalue weighted by atomic mass is 16.6. The molecule has 1 atom stereocenters. The third kappa shape index (κ3) is 64.2. The number of rotatable bonds is 64. The molecule has 0 rings (SSSR count). The van der Waals surface area contributed by atoms with Crippen LogP contribution in [0.4, 0.5) is 0 Å². The van der Waals surface area contributed by atoms with E-state index < -0.39 is 6.10 Å². The molecule has 0 heterocycles. The molecule has 6 heteroatoms. The Kier molecular flexibility index (Phi) is 64.6. The molecular formula is C72H132O6. The van der Waals surface area contributed by atoms with Crippen molar-refractivity contribution < 1.29 is 28.6 Å². The van der Waals surface area contributed by atoms with Gasteiger partial charge in [0.1, 0.15) is 13.2 Å². The van der Waals surface area contributed by atoms with Crippen LogP contribution in [0.5, 0.6) is 0 Å². The Bertz CT molecular complexity index is 1350. The van der Waals surface area contributed by atoms with Crippen molar-refractivity contribution in [3.05, 3.63) is 48.6 Å². The second-order valence-corrected chi connectivity index (χ2v) is 23.4. The number of unbranched alkanes of at least 4 members (excludes halogenated alkanes) is 45. The molecule has 0 spiro atoms. The van der Waals surface area contributed by atoms with Crippen molar-refractivity contribution in [1.82, 2.24) is 0 Å². The lowest BCUT2D eigenvalue weighted by Gasteiger charge is -2.18. The van der Waals surface area contributed by atoms with Crippen LogP contribution in [0.2, 0.25) is 0 Å². The van der Waals surface area contributed by atoms with E-state index in [1.165, 1.54) is 257 Å². The highest BCUT2D eigenvalue weighted by Crippen LogP contribution is 2.18. The lowest BCUT2D eigenvalue weighted by molar-refractivity contribution is -0.167. The van der Waals surface area contributed by atoms with E-state index in [9.17, 15) is 14.4 Å². The monoisotopic (exact) mass is 1090 g/mol. The van der Waals surface area contributed by atoms with E-state index >= 15 is 0 Å². The predicted molar refractivity (Wildman–Crippen MR) is 339 cm³/mol. The van der Waals surface area contributed by atoms with Gasteiger partial charge in [-0.25, -0.2) is 0 Å². The maximum Gasteiger partial charge on any atom is 0.306 e. The average molecular weight is 1090 g/mol. The largest absolute Gasteiger partial charge is 0.462 e. The minimum atomic E-state index is -0.772.